The van der Waals surface area contributed by atoms with Gasteiger partial charge in [-0.1, -0.05) is 0 Å². The monoisotopic (exact) mass is 824 g/mol. The molecule has 0 fully saturated rings. The fraction of sp³-hybridized carbons (Fsp3) is 1.00. The van der Waals surface area contributed by atoms with Crippen LogP contribution in [0.4, 0.5) is 0 Å². The molecule has 20 N–H and O–H groups in total. The minimum absolute atomic E-state index is 0.383. The summed E-state index contributed by atoms with van der Waals surface area (Å²) in [6, 6.07) is 0. The molecule has 36 heteroatoms. The standard InChI is InChI=1S/4C2H8O7P2/c4*1-2(3,10(4,5)6)11(7,8)9/h4*3H,1H3,(H2,4,5,6)(H2,7,8,9). The minimum Gasteiger partial charge on any atom is -0.368 e. The highest BCUT2D eigenvalue weighted by atomic mass is 31.3. The summed E-state index contributed by atoms with van der Waals surface area (Å²) in [6.45, 7) is 1.53. The highest BCUT2D eigenvalue weighted by Gasteiger charge is 2.57. The molecule has 0 saturated heterocycles. The van der Waals surface area contributed by atoms with Gasteiger partial charge < -0.3 is 98.7 Å². The third-order valence-corrected chi connectivity index (χ3v) is 19.5. The van der Waals surface area contributed by atoms with Crippen LogP contribution < -0.4 is 0 Å². The van der Waals surface area contributed by atoms with Gasteiger partial charge in [0.25, 0.3) is 20.3 Å². The highest BCUT2D eigenvalue weighted by molar-refractivity contribution is 7.73. The average Bonchev–Trinajstić information content (AvgIpc) is 2.62. The third kappa shape index (κ3) is 14.3. The lowest BCUT2D eigenvalue weighted by Gasteiger charge is -2.24. The second-order valence-corrected chi connectivity index (χ2v) is 25.3. The van der Waals surface area contributed by atoms with E-state index in [9.17, 15) is 36.5 Å². The van der Waals surface area contributed by atoms with E-state index >= 15 is 0 Å². The molecule has 0 aromatic rings. The SMILES string of the molecule is CC(O)(P(=O)(O)O)P(=O)(O)O.CC(O)(P(=O)(O)O)P(=O)(O)O.CC(O)(P(=O)(O)O)P(=O)(O)O.CC(O)(P(=O)(O)O)P(=O)(O)O. The Morgan fingerprint density at radius 1 is 0.250 bits per heavy atom. The van der Waals surface area contributed by atoms with Crippen molar-refractivity contribution >= 4 is 60.8 Å². The van der Waals surface area contributed by atoms with E-state index in [0.29, 0.717) is 27.7 Å². The molecule has 0 aliphatic rings. The van der Waals surface area contributed by atoms with Crippen molar-refractivity contribution in [2.24, 2.45) is 0 Å². The molecule has 0 bridgehead atoms. The Balaban J connectivity index is -0.000000242. The van der Waals surface area contributed by atoms with Crippen molar-refractivity contribution in [1.82, 2.24) is 0 Å². The Morgan fingerprint density at radius 2 is 0.295 bits per heavy atom. The first kappa shape index (κ1) is 51.9. The van der Waals surface area contributed by atoms with Crippen LogP contribution in [0, 0.1) is 0 Å². The van der Waals surface area contributed by atoms with Crippen LogP contribution in [0.1, 0.15) is 27.7 Å². The Bertz CT molecular complexity index is 1040. The van der Waals surface area contributed by atoms with Gasteiger partial charge in [0.1, 0.15) is 0 Å². The zero-order chi connectivity index (χ0) is 38.0. The van der Waals surface area contributed by atoms with Crippen molar-refractivity contribution < 1.29 is 135 Å². The largest absolute Gasteiger partial charge is 0.369 e. The van der Waals surface area contributed by atoms with Crippen LogP contribution in [0.3, 0.4) is 0 Å². The van der Waals surface area contributed by atoms with Crippen molar-refractivity contribution in [2.45, 2.75) is 48.0 Å². The van der Waals surface area contributed by atoms with Crippen LogP contribution in [0.5, 0.6) is 0 Å². The van der Waals surface area contributed by atoms with E-state index in [0.717, 1.165) is 0 Å². The van der Waals surface area contributed by atoms with Gasteiger partial charge in [-0.15, -0.1) is 0 Å². The highest BCUT2D eigenvalue weighted by Crippen LogP contribution is 2.69. The molecule has 0 saturated carbocycles. The maximum atomic E-state index is 10.3. The van der Waals surface area contributed by atoms with E-state index in [2.05, 4.69) is 0 Å². The Morgan fingerprint density at radius 3 is 0.295 bits per heavy atom. The van der Waals surface area contributed by atoms with Gasteiger partial charge in [-0.2, -0.15) is 0 Å². The van der Waals surface area contributed by atoms with Gasteiger partial charge in [0.2, 0.25) is 0 Å². The Kier molecular flexibility index (Phi) is 18.0. The first-order valence-corrected chi connectivity index (χ1v) is 22.2. The predicted octanol–water partition coefficient (Wildman–Crippen LogP) is -3.97. The maximum Gasteiger partial charge on any atom is 0.369 e. The molecular formula is C8H32O28P8. The van der Waals surface area contributed by atoms with Gasteiger partial charge in [-0.3, -0.25) is 36.5 Å². The fourth-order valence-corrected chi connectivity index (χ4v) is 6.11. The lowest BCUT2D eigenvalue weighted by Crippen LogP contribution is -2.23. The van der Waals surface area contributed by atoms with Crippen LogP contribution in [0.2, 0.25) is 0 Å². The molecule has 44 heavy (non-hydrogen) atoms. The molecule has 0 atom stereocenters. The van der Waals surface area contributed by atoms with Crippen molar-refractivity contribution in [1.29, 1.82) is 0 Å². The molecule has 0 rings (SSSR count). The van der Waals surface area contributed by atoms with Crippen molar-refractivity contribution in [3.05, 3.63) is 0 Å². The van der Waals surface area contributed by atoms with E-state index in [1.807, 2.05) is 0 Å². The number of rotatable bonds is 8. The summed E-state index contributed by atoms with van der Waals surface area (Å²) in [5.74, 6) is 0. The third-order valence-electron chi connectivity index (χ3n) is 4.41. The van der Waals surface area contributed by atoms with Gasteiger partial charge in [-0.25, -0.2) is 0 Å². The summed E-state index contributed by atoms with van der Waals surface area (Å²) in [5.41, 5.74) is 0. The minimum atomic E-state index is -5.20. The van der Waals surface area contributed by atoms with E-state index in [1.165, 1.54) is 0 Å². The van der Waals surface area contributed by atoms with Gasteiger partial charge >= 0.3 is 60.8 Å². The molecule has 0 aliphatic carbocycles. The summed E-state index contributed by atoms with van der Waals surface area (Å²) >= 11 is 0. The second-order valence-electron chi connectivity index (χ2n) is 8.24. The second kappa shape index (κ2) is 15.3. The van der Waals surface area contributed by atoms with Crippen LogP contribution in [-0.4, -0.2) is 119 Å². The quantitative estimate of drug-likeness (QED) is 0.104. The first-order valence-electron chi connectivity index (χ1n) is 9.34. The summed E-state index contributed by atoms with van der Waals surface area (Å²) in [6.07, 6.45) is 0. The molecule has 0 amide bonds. The van der Waals surface area contributed by atoms with E-state index in [1.54, 1.807) is 0 Å². The molecule has 0 aromatic carbocycles. The van der Waals surface area contributed by atoms with E-state index < -0.39 is 81.1 Å². The molecule has 0 aliphatic heterocycles. The molecule has 0 spiro atoms. The molecule has 0 unspecified atom stereocenters. The van der Waals surface area contributed by atoms with Gasteiger partial charge in [0, 0.05) is 0 Å². The van der Waals surface area contributed by atoms with Crippen LogP contribution in [-0.2, 0) is 36.5 Å². The molecule has 272 valence electrons. The Hall–Kier alpha value is 1.04. The van der Waals surface area contributed by atoms with Gasteiger partial charge in [0.05, 0.1) is 0 Å². The lowest BCUT2D eigenvalue weighted by molar-refractivity contribution is 0.145. The maximum absolute atomic E-state index is 10.3. The van der Waals surface area contributed by atoms with E-state index in [4.69, 9.17) is 98.7 Å². The first-order chi connectivity index (χ1) is 18.0. The number of hydrogen-bond donors (Lipinski definition) is 20. The number of aliphatic hydroxyl groups is 4. The topological polar surface area (TPSA) is 541 Å². The van der Waals surface area contributed by atoms with Crippen molar-refractivity contribution in [3.8, 4) is 0 Å². The molecule has 0 radical (unpaired) electrons. The summed E-state index contributed by atoms with van der Waals surface area (Å²) in [5, 5.41) is 21.5. The summed E-state index contributed by atoms with van der Waals surface area (Å²) in [4.78, 5) is 132. The van der Waals surface area contributed by atoms with Gasteiger partial charge in [0.15, 0.2) is 0 Å². The smallest absolute Gasteiger partial charge is 0.368 e. The zero-order valence-electron chi connectivity index (χ0n) is 21.8. The predicted molar refractivity (Wildman–Crippen MR) is 139 cm³/mol. The Labute approximate surface area is 244 Å². The number of hydrogen-bond acceptors (Lipinski definition) is 12. The van der Waals surface area contributed by atoms with E-state index in [-0.39, 0.29) is 0 Å². The zero-order valence-corrected chi connectivity index (χ0v) is 28.9. The molecule has 0 aromatic heterocycles. The van der Waals surface area contributed by atoms with Crippen LogP contribution in [0.25, 0.3) is 0 Å². The fourth-order valence-electron chi connectivity index (χ4n) is 0.679. The normalized spacial score (nSPS) is 15.1. The molecule has 28 nitrogen and oxygen atoms in total. The molecular weight excluding hydrogens is 792 g/mol. The van der Waals surface area contributed by atoms with Crippen LogP contribution in [0.15, 0.2) is 0 Å². The molecule has 0 heterocycles. The van der Waals surface area contributed by atoms with Crippen molar-refractivity contribution in [3.63, 3.8) is 0 Å². The van der Waals surface area contributed by atoms with Crippen molar-refractivity contribution in [2.75, 3.05) is 0 Å². The summed E-state index contributed by atoms with van der Waals surface area (Å²) in [7, 11) is -41.6. The van der Waals surface area contributed by atoms with Gasteiger partial charge in [-0.05, 0) is 27.7 Å². The average molecular weight is 824 g/mol. The summed E-state index contributed by atoms with van der Waals surface area (Å²) < 4.78 is 82.0. The lowest BCUT2D eigenvalue weighted by atomic mass is 10.9. The van der Waals surface area contributed by atoms with Crippen LogP contribution >= 0.6 is 60.8 Å².